The van der Waals surface area contributed by atoms with E-state index in [1.54, 1.807) is 18.0 Å². The van der Waals surface area contributed by atoms with Gasteiger partial charge in [0.15, 0.2) is 0 Å². The van der Waals surface area contributed by atoms with Crippen molar-refractivity contribution in [2.45, 2.75) is 19.6 Å². The van der Waals surface area contributed by atoms with Crippen molar-refractivity contribution in [2.24, 2.45) is 0 Å². The molecule has 2 aromatic heterocycles. The Hall–Kier alpha value is -2.88. The first-order chi connectivity index (χ1) is 13.3. The van der Waals surface area contributed by atoms with Crippen LogP contribution in [0.25, 0.3) is 22.0 Å². The fraction of sp³-hybridized carbons (Fsp3) is 0.389. The minimum atomic E-state index is -4.48. The third-order valence-electron chi connectivity index (χ3n) is 4.78. The third kappa shape index (κ3) is 3.47. The second-order valence-electron chi connectivity index (χ2n) is 6.67. The van der Waals surface area contributed by atoms with Crippen molar-refractivity contribution >= 4 is 16.8 Å². The van der Waals surface area contributed by atoms with Gasteiger partial charge in [-0.05, 0) is 24.6 Å². The van der Waals surface area contributed by atoms with Gasteiger partial charge in [-0.2, -0.15) is 23.4 Å². The van der Waals surface area contributed by atoms with Gasteiger partial charge in [-0.1, -0.05) is 0 Å². The molecule has 1 amide bonds. The number of hydrogen-bond donors (Lipinski definition) is 1. The molecule has 1 fully saturated rings. The Labute approximate surface area is 158 Å². The molecule has 148 valence electrons. The van der Waals surface area contributed by atoms with Gasteiger partial charge >= 0.3 is 6.18 Å². The molecule has 7 nitrogen and oxygen atoms in total. The van der Waals surface area contributed by atoms with Gasteiger partial charge in [0.2, 0.25) is 5.91 Å². The van der Waals surface area contributed by atoms with Gasteiger partial charge in [0.1, 0.15) is 6.54 Å². The van der Waals surface area contributed by atoms with Crippen LogP contribution >= 0.6 is 0 Å². The largest absolute Gasteiger partial charge is 0.416 e. The number of H-pyrrole nitrogens is 1. The normalized spacial score (nSPS) is 15.4. The molecular formula is C18H18F3N5O2. The summed E-state index contributed by atoms with van der Waals surface area (Å²) < 4.78 is 46.6. The molecule has 4 rings (SSSR count). The van der Waals surface area contributed by atoms with Crippen LogP contribution in [-0.2, 0) is 22.3 Å². The maximum absolute atomic E-state index is 13.3. The predicted octanol–water partition coefficient (Wildman–Crippen LogP) is 2.61. The van der Waals surface area contributed by atoms with Crippen molar-refractivity contribution in [3.63, 3.8) is 0 Å². The number of morpholine rings is 1. The Kier molecular flexibility index (Phi) is 4.58. The van der Waals surface area contributed by atoms with E-state index in [2.05, 4.69) is 15.3 Å². The lowest BCUT2D eigenvalue weighted by atomic mass is 9.99. The molecule has 3 aromatic rings. The van der Waals surface area contributed by atoms with Crippen LogP contribution in [0, 0.1) is 6.92 Å². The Morgan fingerprint density at radius 1 is 1.25 bits per heavy atom. The molecular weight excluding hydrogens is 375 g/mol. The molecule has 0 radical (unpaired) electrons. The lowest BCUT2D eigenvalue weighted by Crippen LogP contribution is -2.42. The lowest BCUT2D eigenvalue weighted by molar-refractivity contribution is -0.137. The molecule has 0 unspecified atom stereocenters. The number of aromatic nitrogens is 4. The maximum Gasteiger partial charge on any atom is 0.416 e. The molecule has 28 heavy (non-hydrogen) atoms. The summed E-state index contributed by atoms with van der Waals surface area (Å²) in [5.74, 6) is -0.102. The van der Waals surface area contributed by atoms with E-state index in [-0.39, 0.29) is 12.5 Å². The van der Waals surface area contributed by atoms with Gasteiger partial charge < -0.3 is 9.64 Å². The molecule has 1 aromatic carbocycles. The summed E-state index contributed by atoms with van der Waals surface area (Å²) >= 11 is 0. The number of alkyl halides is 3. The summed E-state index contributed by atoms with van der Waals surface area (Å²) in [4.78, 5) is 14.1. The molecule has 1 aliphatic heterocycles. The van der Waals surface area contributed by atoms with Crippen LogP contribution in [0.4, 0.5) is 13.2 Å². The second-order valence-corrected chi connectivity index (χ2v) is 6.67. The van der Waals surface area contributed by atoms with Crippen LogP contribution < -0.4 is 0 Å². The number of amides is 1. The number of halogens is 3. The van der Waals surface area contributed by atoms with Gasteiger partial charge in [-0.25, -0.2) is 0 Å². The Morgan fingerprint density at radius 3 is 2.71 bits per heavy atom. The van der Waals surface area contributed by atoms with E-state index in [9.17, 15) is 18.0 Å². The summed E-state index contributed by atoms with van der Waals surface area (Å²) in [6.45, 7) is 3.77. The van der Waals surface area contributed by atoms with Crippen molar-refractivity contribution in [1.82, 2.24) is 24.9 Å². The van der Waals surface area contributed by atoms with Crippen LogP contribution in [-0.4, -0.2) is 57.1 Å². The zero-order valence-corrected chi connectivity index (χ0v) is 15.1. The van der Waals surface area contributed by atoms with Gasteiger partial charge in [0.05, 0.1) is 36.2 Å². The summed E-state index contributed by atoms with van der Waals surface area (Å²) in [7, 11) is 0. The Bertz CT molecular complexity index is 1020. The standard InChI is InChI=1S/C18H18F3N5O2/c1-11-15(9-26(24-11)10-17(27)25-2-4-28-5-3-25)13-6-12(18(19,20)21)7-16-14(13)8-22-23-16/h6-9H,2-5,10H2,1H3,(H,22,23). The molecule has 1 aliphatic rings. The highest BCUT2D eigenvalue weighted by Crippen LogP contribution is 2.37. The quantitative estimate of drug-likeness (QED) is 0.742. The van der Waals surface area contributed by atoms with E-state index in [4.69, 9.17) is 4.74 Å². The van der Waals surface area contributed by atoms with Crippen LogP contribution in [0.1, 0.15) is 11.3 Å². The molecule has 1 saturated heterocycles. The van der Waals surface area contributed by atoms with Crippen molar-refractivity contribution < 1.29 is 22.7 Å². The third-order valence-corrected chi connectivity index (χ3v) is 4.78. The number of nitrogens with zero attached hydrogens (tertiary/aromatic N) is 4. The molecule has 0 atom stereocenters. The number of carbonyl (C=O) groups is 1. The number of nitrogens with one attached hydrogen (secondary N) is 1. The average Bonchev–Trinajstić information content (AvgIpc) is 3.27. The van der Waals surface area contributed by atoms with Gasteiger partial charge in [0.25, 0.3) is 0 Å². The Morgan fingerprint density at radius 2 is 2.00 bits per heavy atom. The highest BCUT2D eigenvalue weighted by Gasteiger charge is 2.32. The summed E-state index contributed by atoms with van der Waals surface area (Å²) in [6, 6.07) is 2.13. The molecule has 0 spiro atoms. The van der Waals surface area contributed by atoms with Crippen LogP contribution in [0.3, 0.4) is 0 Å². The number of hydrogen-bond acceptors (Lipinski definition) is 4. The van der Waals surface area contributed by atoms with Crippen LogP contribution in [0.5, 0.6) is 0 Å². The molecule has 3 heterocycles. The fourth-order valence-corrected chi connectivity index (χ4v) is 3.35. The first kappa shape index (κ1) is 18.5. The first-order valence-electron chi connectivity index (χ1n) is 8.77. The molecule has 0 bridgehead atoms. The van der Waals surface area contributed by atoms with Gasteiger partial charge in [-0.15, -0.1) is 0 Å². The number of aryl methyl sites for hydroxylation is 1. The van der Waals surface area contributed by atoms with Crippen LogP contribution in [0.15, 0.2) is 24.5 Å². The van der Waals surface area contributed by atoms with E-state index in [1.165, 1.54) is 10.9 Å². The van der Waals surface area contributed by atoms with E-state index in [0.29, 0.717) is 54.0 Å². The average molecular weight is 393 g/mol. The van der Waals surface area contributed by atoms with E-state index in [0.717, 1.165) is 12.1 Å². The highest BCUT2D eigenvalue weighted by molar-refractivity contribution is 5.95. The number of benzene rings is 1. The number of rotatable bonds is 3. The molecule has 10 heteroatoms. The zero-order chi connectivity index (χ0) is 19.9. The number of carbonyl (C=O) groups excluding carboxylic acids is 1. The van der Waals surface area contributed by atoms with Gasteiger partial charge in [-0.3, -0.25) is 14.6 Å². The number of ether oxygens (including phenoxy) is 1. The first-order valence-corrected chi connectivity index (χ1v) is 8.77. The predicted molar refractivity (Wildman–Crippen MR) is 94.5 cm³/mol. The SMILES string of the molecule is Cc1nn(CC(=O)N2CCOCC2)cc1-c1cc(C(F)(F)F)cc2[nH]ncc12. The minimum Gasteiger partial charge on any atom is -0.378 e. The van der Waals surface area contributed by atoms with Crippen LogP contribution in [0.2, 0.25) is 0 Å². The summed E-state index contributed by atoms with van der Waals surface area (Å²) in [5, 5.41) is 11.4. The van der Waals surface area contributed by atoms with Crippen molar-refractivity contribution in [1.29, 1.82) is 0 Å². The van der Waals surface area contributed by atoms with E-state index in [1.807, 2.05) is 0 Å². The Balaban J connectivity index is 1.68. The maximum atomic E-state index is 13.3. The monoisotopic (exact) mass is 393 g/mol. The van der Waals surface area contributed by atoms with Gasteiger partial charge in [0, 0.05) is 30.2 Å². The minimum absolute atomic E-state index is 0.0222. The summed E-state index contributed by atoms with van der Waals surface area (Å²) in [5.41, 5.74) is 0.974. The zero-order valence-electron chi connectivity index (χ0n) is 15.1. The molecule has 1 N–H and O–H groups in total. The number of aromatic amines is 1. The fourth-order valence-electron chi connectivity index (χ4n) is 3.35. The molecule has 0 saturated carbocycles. The highest BCUT2D eigenvalue weighted by atomic mass is 19.4. The van der Waals surface area contributed by atoms with Crippen molar-refractivity contribution in [3.05, 3.63) is 35.8 Å². The lowest BCUT2D eigenvalue weighted by Gasteiger charge is -2.26. The topological polar surface area (TPSA) is 76.0 Å². The smallest absolute Gasteiger partial charge is 0.378 e. The molecule has 0 aliphatic carbocycles. The second kappa shape index (κ2) is 6.93. The van der Waals surface area contributed by atoms with Crippen molar-refractivity contribution in [3.8, 4) is 11.1 Å². The van der Waals surface area contributed by atoms with Crippen molar-refractivity contribution in [2.75, 3.05) is 26.3 Å². The van der Waals surface area contributed by atoms with E-state index >= 15 is 0 Å². The summed E-state index contributed by atoms with van der Waals surface area (Å²) in [6.07, 6.45) is -1.39. The van der Waals surface area contributed by atoms with E-state index < -0.39 is 11.7 Å². The number of fused-ring (bicyclic) bond motifs is 1.